The molecule has 0 saturated heterocycles. The number of nitrogens with one attached hydrogen (secondary N) is 1. The molecule has 0 aromatic heterocycles. The number of hydrogen-bond donors (Lipinski definition) is 1. The van der Waals surface area contributed by atoms with Crippen LogP contribution < -0.4 is 9.62 Å². The summed E-state index contributed by atoms with van der Waals surface area (Å²) in [5.41, 5.74) is 0.796. The van der Waals surface area contributed by atoms with Gasteiger partial charge in [0.25, 0.3) is 0 Å². The Balaban J connectivity index is 2.20. The number of carbonyl (C=O) groups excluding carboxylic acids is 1. The second kappa shape index (κ2) is 7.84. The lowest BCUT2D eigenvalue weighted by molar-refractivity contribution is -0.122. The molecule has 1 amide bonds. The Hall–Kier alpha value is -2.12. The number of anilines is 1. The van der Waals surface area contributed by atoms with Crippen molar-refractivity contribution in [1.29, 1.82) is 0 Å². The minimum absolute atomic E-state index is 0.0860. The summed E-state index contributed by atoms with van der Waals surface area (Å²) < 4.78 is 38.6. The molecule has 1 atom stereocenters. The van der Waals surface area contributed by atoms with E-state index in [-0.39, 0.29) is 12.2 Å². The molecular formula is C17H18ClFN2O3S. The summed E-state index contributed by atoms with van der Waals surface area (Å²) in [6, 6.07) is 11.0. The molecule has 0 saturated carbocycles. The van der Waals surface area contributed by atoms with E-state index in [1.54, 1.807) is 24.3 Å². The van der Waals surface area contributed by atoms with Crippen molar-refractivity contribution in [1.82, 2.24) is 5.32 Å². The summed E-state index contributed by atoms with van der Waals surface area (Å²) in [4.78, 5) is 12.4. The van der Waals surface area contributed by atoms with E-state index in [2.05, 4.69) is 5.32 Å². The maximum Gasteiger partial charge on any atom is 0.243 e. The molecule has 0 aliphatic heterocycles. The van der Waals surface area contributed by atoms with Crippen molar-refractivity contribution in [2.75, 3.05) is 10.6 Å². The average molecular weight is 385 g/mol. The molecule has 2 aromatic carbocycles. The normalized spacial score (nSPS) is 12.5. The van der Waals surface area contributed by atoms with E-state index in [0.29, 0.717) is 10.6 Å². The van der Waals surface area contributed by atoms with E-state index >= 15 is 0 Å². The van der Waals surface area contributed by atoms with Crippen molar-refractivity contribution in [3.05, 3.63) is 64.9 Å². The first-order valence-electron chi connectivity index (χ1n) is 7.46. The molecule has 0 fully saturated rings. The highest BCUT2D eigenvalue weighted by Crippen LogP contribution is 2.22. The smallest absolute Gasteiger partial charge is 0.243 e. The Morgan fingerprint density at radius 1 is 1.24 bits per heavy atom. The van der Waals surface area contributed by atoms with E-state index in [1.165, 1.54) is 25.1 Å². The molecule has 5 nitrogen and oxygen atoms in total. The van der Waals surface area contributed by atoms with Crippen LogP contribution in [0.5, 0.6) is 0 Å². The topological polar surface area (TPSA) is 66.5 Å². The highest BCUT2D eigenvalue weighted by atomic mass is 35.5. The predicted molar refractivity (Wildman–Crippen MR) is 96.5 cm³/mol. The van der Waals surface area contributed by atoms with Gasteiger partial charge in [0, 0.05) is 11.6 Å². The van der Waals surface area contributed by atoms with Gasteiger partial charge in [-0.3, -0.25) is 9.10 Å². The third kappa shape index (κ3) is 4.93. The van der Waals surface area contributed by atoms with Gasteiger partial charge in [0.2, 0.25) is 15.9 Å². The fourth-order valence-electron chi connectivity index (χ4n) is 2.39. The van der Waals surface area contributed by atoms with Crippen LogP contribution in [0.25, 0.3) is 0 Å². The maximum atomic E-state index is 13.5. The summed E-state index contributed by atoms with van der Waals surface area (Å²) in [5, 5.41) is 3.15. The van der Waals surface area contributed by atoms with Gasteiger partial charge in [-0.2, -0.15) is 0 Å². The molecule has 0 bridgehead atoms. The van der Waals surface area contributed by atoms with Crippen LogP contribution in [-0.4, -0.2) is 26.6 Å². The van der Waals surface area contributed by atoms with Crippen LogP contribution in [0.1, 0.15) is 12.5 Å². The van der Waals surface area contributed by atoms with Crippen LogP contribution in [0, 0.1) is 5.82 Å². The molecule has 2 aromatic rings. The zero-order chi connectivity index (χ0) is 18.6. The number of halogens is 2. The molecule has 0 radical (unpaired) electrons. The van der Waals surface area contributed by atoms with Gasteiger partial charge in [-0.15, -0.1) is 0 Å². The Kier molecular flexibility index (Phi) is 6.02. The molecule has 25 heavy (non-hydrogen) atoms. The first-order valence-corrected chi connectivity index (χ1v) is 9.69. The van der Waals surface area contributed by atoms with Crippen LogP contribution in [0.2, 0.25) is 5.02 Å². The van der Waals surface area contributed by atoms with E-state index < -0.39 is 27.8 Å². The third-order valence-electron chi connectivity index (χ3n) is 3.56. The Bertz CT molecular complexity index is 874. The summed E-state index contributed by atoms with van der Waals surface area (Å²) in [5.74, 6) is -1.11. The largest absolute Gasteiger partial charge is 0.350 e. The molecule has 0 aliphatic rings. The summed E-state index contributed by atoms with van der Waals surface area (Å²) >= 11 is 6.04. The van der Waals surface area contributed by atoms with Crippen LogP contribution in [0.15, 0.2) is 48.5 Å². The fraction of sp³-hybridized carbons (Fsp3) is 0.235. The van der Waals surface area contributed by atoms with Crippen molar-refractivity contribution in [3.63, 3.8) is 0 Å². The van der Waals surface area contributed by atoms with Crippen molar-refractivity contribution < 1.29 is 17.6 Å². The summed E-state index contributed by atoms with van der Waals surface area (Å²) in [6.45, 7) is 1.59. The predicted octanol–water partition coefficient (Wildman–Crippen LogP) is 2.95. The van der Waals surface area contributed by atoms with Gasteiger partial charge in [0.15, 0.2) is 0 Å². The average Bonchev–Trinajstić information content (AvgIpc) is 2.52. The number of amides is 1. The van der Waals surface area contributed by atoms with Crippen LogP contribution in [0.4, 0.5) is 10.1 Å². The summed E-state index contributed by atoms with van der Waals surface area (Å²) in [7, 11) is -3.79. The quantitative estimate of drug-likeness (QED) is 0.832. The van der Waals surface area contributed by atoms with Crippen molar-refractivity contribution in [2.45, 2.75) is 19.5 Å². The Labute approximate surface area is 151 Å². The molecule has 134 valence electrons. The lowest BCUT2D eigenvalue weighted by atomic mass is 10.2. The molecular weight excluding hydrogens is 367 g/mol. The standard InChI is InChI=1S/C17H18ClFN2O3S/c1-12(17(22)20-11-13-6-3-4-9-16(13)18)21(25(2,23)24)15-8-5-7-14(19)10-15/h3-10,12H,11H2,1-2H3,(H,20,22)/t12-/m1/s1. The molecule has 0 spiro atoms. The highest BCUT2D eigenvalue weighted by Gasteiger charge is 2.29. The molecule has 0 aliphatic carbocycles. The number of carbonyl (C=O) groups is 1. The Morgan fingerprint density at radius 2 is 1.92 bits per heavy atom. The molecule has 1 N–H and O–H groups in total. The van der Waals surface area contributed by atoms with Crippen molar-refractivity contribution in [3.8, 4) is 0 Å². The number of benzene rings is 2. The fourth-order valence-corrected chi connectivity index (χ4v) is 3.76. The SMILES string of the molecule is C[C@H](C(=O)NCc1ccccc1Cl)N(c1cccc(F)c1)S(C)(=O)=O. The minimum Gasteiger partial charge on any atom is -0.350 e. The zero-order valence-electron chi connectivity index (χ0n) is 13.7. The number of hydrogen-bond acceptors (Lipinski definition) is 3. The molecule has 8 heteroatoms. The van der Waals surface area contributed by atoms with Gasteiger partial charge in [-0.05, 0) is 36.8 Å². The monoisotopic (exact) mass is 384 g/mol. The minimum atomic E-state index is -3.79. The van der Waals surface area contributed by atoms with E-state index in [1.807, 2.05) is 0 Å². The van der Waals surface area contributed by atoms with E-state index in [9.17, 15) is 17.6 Å². The van der Waals surface area contributed by atoms with Gasteiger partial charge >= 0.3 is 0 Å². The maximum absolute atomic E-state index is 13.5. The van der Waals surface area contributed by atoms with Gasteiger partial charge in [-0.1, -0.05) is 35.9 Å². The van der Waals surface area contributed by atoms with Crippen LogP contribution >= 0.6 is 11.6 Å². The van der Waals surface area contributed by atoms with Gasteiger partial charge < -0.3 is 5.32 Å². The highest BCUT2D eigenvalue weighted by molar-refractivity contribution is 7.92. The second-order valence-electron chi connectivity index (χ2n) is 5.52. The van der Waals surface area contributed by atoms with Crippen LogP contribution in [0.3, 0.4) is 0 Å². The van der Waals surface area contributed by atoms with Gasteiger partial charge in [-0.25, -0.2) is 12.8 Å². The Morgan fingerprint density at radius 3 is 2.52 bits per heavy atom. The summed E-state index contributed by atoms with van der Waals surface area (Å²) in [6.07, 6.45) is 0.968. The van der Waals surface area contributed by atoms with Gasteiger partial charge in [0.1, 0.15) is 11.9 Å². The number of nitrogens with zero attached hydrogens (tertiary/aromatic N) is 1. The van der Waals surface area contributed by atoms with Crippen molar-refractivity contribution >= 4 is 33.2 Å². The lowest BCUT2D eigenvalue weighted by Gasteiger charge is -2.28. The number of rotatable bonds is 6. The first-order chi connectivity index (χ1) is 11.7. The van der Waals surface area contributed by atoms with Gasteiger partial charge in [0.05, 0.1) is 11.9 Å². The van der Waals surface area contributed by atoms with Crippen molar-refractivity contribution in [2.24, 2.45) is 0 Å². The third-order valence-corrected chi connectivity index (χ3v) is 5.17. The molecule has 2 rings (SSSR count). The first kappa shape index (κ1) is 19.2. The number of sulfonamides is 1. The second-order valence-corrected chi connectivity index (χ2v) is 7.79. The molecule has 0 unspecified atom stereocenters. The van der Waals surface area contributed by atoms with Crippen LogP contribution in [-0.2, 0) is 21.4 Å². The lowest BCUT2D eigenvalue weighted by Crippen LogP contribution is -2.47. The molecule has 0 heterocycles. The van der Waals surface area contributed by atoms with E-state index in [0.717, 1.165) is 16.6 Å². The zero-order valence-corrected chi connectivity index (χ0v) is 15.3. The van der Waals surface area contributed by atoms with E-state index in [4.69, 9.17) is 11.6 Å².